The van der Waals surface area contributed by atoms with Crippen LogP contribution in [-0.2, 0) is 0 Å². The summed E-state index contributed by atoms with van der Waals surface area (Å²) in [7, 11) is 0. The van der Waals surface area contributed by atoms with Crippen molar-refractivity contribution in [2.45, 2.75) is 0 Å². The maximum absolute atomic E-state index is 15.4. The second-order valence-corrected chi connectivity index (χ2v) is 10.1. The fraction of sp³-hybridized carbons (Fsp3) is 0. The minimum Gasteiger partial charge on any atom is -0.254 e. The molecule has 7 rings (SSSR count). The molecule has 0 bridgehead atoms. The lowest BCUT2D eigenvalue weighted by molar-refractivity contribution is 0.622. The third-order valence-electron chi connectivity index (χ3n) is 7.78. The molecule has 0 N–H and O–H groups in total. The zero-order valence-electron chi connectivity index (χ0n) is 24.3. The van der Waals surface area contributed by atoms with Gasteiger partial charge in [0.05, 0.1) is 76.2 Å². The molecule has 7 aromatic rings. The summed E-state index contributed by atoms with van der Waals surface area (Å²) in [6, 6.07) is 9.55. The highest BCUT2D eigenvalue weighted by molar-refractivity contribution is 6.22. The molecular formula is C33F3N15. The van der Waals surface area contributed by atoms with E-state index in [2.05, 4.69) is 44.4 Å². The number of benzene rings is 4. The second-order valence-electron chi connectivity index (χ2n) is 10.1. The van der Waals surface area contributed by atoms with Crippen molar-refractivity contribution in [3.05, 3.63) is 85.1 Å². The molecule has 0 unspecified atom stereocenters. The third-order valence-corrected chi connectivity index (χ3v) is 7.78. The Labute approximate surface area is 279 Å². The molecule has 15 nitrogen and oxygen atoms in total. The second kappa shape index (κ2) is 10.7. The number of fused-ring (bicyclic) bond motifs is 9. The van der Waals surface area contributed by atoms with Gasteiger partial charge in [-0.05, 0) is 0 Å². The summed E-state index contributed by atoms with van der Waals surface area (Å²) in [5.41, 5.74) is -12.0. The molecule has 0 saturated carbocycles. The number of nitrogens with zero attached hydrogens (tertiary/aromatic N) is 15. The van der Waals surface area contributed by atoms with Gasteiger partial charge in [-0.25, -0.2) is 47.6 Å². The Morgan fingerprint density at radius 1 is 0.333 bits per heavy atom. The first-order valence-electron chi connectivity index (χ1n) is 13.4. The van der Waals surface area contributed by atoms with Gasteiger partial charge in [-0.1, -0.05) is 0 Å². The van der Waals surface area contributed by atoms with Gasteiger partial charge in [-0.2, -0.15) is 31.6 Å². The van der Waals surface area contributed by atoms with Crippen molar-refractivity contribution in [1.82, 2.24) is 29.9 Å². The van der Waals surface area contributed by atoms with Crippen LogP contribution in [0.1, 0.15) is 33.4 Å². The smallest absolute Gasteiger partial charge is 0.250 e. The Balaban J connectivity index is 1.91. The van der Waals surface area contributed by atoms with Crippen LogP contribution in [0.4, 0.5) is 30.2 Å². The minimum absolute atomic E-state index is 0.359. The molecule has 18 heteroatoms. The zero-order chi connectivity index (χ0) is 36.5. The third kappa shape index (κ3) is 3.72. The highest BCUT2D eigenvalue weighted by Gasteiger charge is 2.29. The number of nitriles is 6. The normalized spacial score (nSPS) is 10.5. The predicted octanol–water partition coefficient (Wildman–Crippen LogP) is 6.28. The zero-order valence-corrected chi connectivity index (χ0v) is 24.3. The number of rotatable bonds is 0. The summed E-state index contributed by atoms with van der Waals surface area (Å²) in [5.74, 6) is -4.14. The van der Waals surface area contributed by atoms with E-state index in [-0.39, 0.29) is 33.1 Å². The van der Waals surface area contributed by atoms with E-state index in [1.165, 1.54) is 12.1 Å². The Bertz CT molecular complexity index is 2960. The highest BCUT2D eigenvalue weighted by atomic mass is 19.1. The van der Waals surface area contributed by atoms with E-state index in [4.69, 9.17) is 19.7 Å². The minimum atomic E-state index is -1.38. The maximum atomic E-state index is 15.4. The highest BCUT2D eigenvalue weighted by Crippen LogP contribution is 2.41. The largest absolute Gasteiger partial charge is 0.254 e. The van der Waals surface area contributed by atoms with Gasteiger partial charge in [0.2, 0.25) is 11.4 Å². The summed E-state index contributed by atoms with van der Waals surface area (Å²) < 4.78 is 46.2. The first-order chi connectivity index (χ1) is 24.7. The van der Waals surface area contributed by atoms with Gasteiger partial charge in [0.15, 0.2) is 17.5 Å². The molecule has 4 aromatic carbocycles. The molecule has 0 spiro atoms. The Hall–Kier alpha value is -9.12. The van der Waals surface area contributed by atoms with Crippen LogP contribution in [0.25, 0.3) is 80.7 Å². The molecule has 0 fully saturated rings. The topological polar surface area (TPSA) is 233 Å². The van der Waals surface area contributed by atoms with Crippen molar-refractivity contribution >= 4 is 83.3 Å². The summed E-state index contributed by atoms with van der Waals surface area (Å²) in [4.78, 5) is 35.8. The van der Waals surface area contributed by atoms with E-state index in [0.29, 0.717) is 0 Å². The van der Waals surface area contributed by atoms with Crippen LogP contribution in [0.3, 0.4) is 0 Å². The molecular weight excluding hydrogens is 663 g/mol. The molecule has 0 atom stereocenters. The van der Waals surface area contributed by atoms with Crippen molar-refractivity contribution in [2.75, 3.05) is 0 Å². The fourth-order valence-electron chi connectivity index (χ4n) is 5.61. The fourth-order valence-corrected chi connectivity index (χ4v) is 5.61. The molecule has 0 saturated heterocycles. The van der Waals surface area contributed by atoms with Gasteiger partial charge in [0.1, 0.15) is 79.5 Å². The molecule has 0 radical (unpaired) electrons. The van der Waals surface area contributed by atoms with Crippen molar-refractivity contribution in [2.24, 2.45) is 0 Å². The molecule has 0 aliphatic heterocycles. The number of hydrogen-bond donors (Lipinski definition) is 0. The Kier molecular flexibility index (Phi) is 6.42. The number of halogens is 3. The van der Waals surface area contributed by atoms with Gasteiger partial charge in [0, 0.05) is 0 Å². The lowest BCUT2D eigenvalue weighted by atomic mass is 10.0. The SMILES string of the molecule is [C-]#[N+]c1c(F)c(C#N)c2nc3c(nc2c1C#N)c1nc2c([N+]#[C-])c(F)c(C#N)c(C#N)c2nc1c1nc2c(C#N)c(F)c(C#N)c([N+]#[C-])c2nc31. The number of hydrogen-bond acceptors (Lipinski definition) is 12. The van der Waals surface area contributed by atoms with Crippen LogP contribution < -0.4 is 0 Å². The van der Waals surface area contributed by atoms with Crippen LogP contribution in [-0.4, -0.2) is 29.9 Å². The molecule has 3 aromatic heterocycles. The van der Waals surface area contributed by atoms with Gasteiger partial charge in [-0.3, -0.25) is 9.97 Å². The first kappa shape index (κ1) is 30.5. The van der Waals surface area contributed by atoms with Crippen LogP contribution >= 0.6 is 0 Å². The average molecular weight is 663 g/mol. The summed E-state index contributed by atoms with van der Waals surface area (Å²) in [6.45, 7) is 22.7. The predicted molar refractivity (Wildman–Crippen MR) is 165 cm³/mol. The quantitative estimate of drug-likeness (QED) is 0.0991. The van der Waals surface area contributed by atoms with Crippen LogP contribution in [0.2, 0.25) is 0 Å². The number of aromatic nitrogens is 6. The molecule has 51 heavy (non-hydrogen) atoms. The molecule has 0 amide bonds. The molecule has 0 aliphatic rings. The van der Waals surface area contributed by atoms with Crippen molar-refractivity contribution in [1.29, 1.82) is 31.6 Å². The summed E-state index contributed by atoms with van der Waals surface area (Å²) in [6.07, 6.45) is 0. The molecule has 228 valence electrons. The van der Waals surface area contributed by atoms with E-state index in [1.54, 1.807) is 24.3 Å². The van der Waals surface area contributed by atoms with Crippen LogP contribution in [0.15, 0.2) is 0 Å². The summed E-state index contributed by atoms with van der Waals surface area (Å²) >= 11 is 0. The standard InChI is InChI=1S/C33F3N15/c1-43-19-15(9-42)24-22(14(8-41)18(19)36)47-29-31(49-24)33-28(46-21-11(5-38)10(4-37)17(35)25(45-3)27(21)51-33)30-32(29)50-26-20(44-2)12(6-39)16(34)13(7-40)23(26)48-30. The van der Waals surface area contributed by atoms with E-state index in [1.807, 2.05) is 0 Å². The molecule has 0 aliphatic carbocycles. The van der Waals surface area contributed by atoms with Crippen molar-refractivity contribution in [3.8, 4) is 36.4 Å². The lowest BCUT2D eigenvalue weighted by Gasteiger charge is -2.14. The lowest BCUT2D eigenvalue weighted by Crippen LogP contribution is -2.04. The Morgan fingerprint density at radius 3 is 1.06 bits per heavy atom. The van der Waals surface area contributed by atoms with E-state index >= 15 is 13.2 Å². The van der Waals surface area contributed by atoms with Gasteiger partial charge in [0.25, 0.3) is 5.69 Å². The van der Waals surface area contributed by atoms with Gasteiger partial charge < -0.3 is 0 Å². The van der Waals surface area contributed by atoms with Crippen molar-refractivity contribution < 1.29 is 13.2 Å². The van der Waals surface area contributed by atoms with Crippen LogP contribution in [0, 0.1) is 105 Å². The maximum Gasteiger partial charge on any atom is 0.250 e. The molecule has 3 heterocycles. The van der Waals surface area contributed by atoms with E-state index < -0.39 is 101 Å². The van der Waals surface area contributed by atoms with Gasteiger partial charge in [-0.15, -0.1) is 0 Å². The summed E-state index contributed by atoms with van der Waals surface area (Å²) in [5, 5.41) is 58.9. The van der Waals surface area contributed by atoms with Gasteiger partial charge >= 0.3 is 0 Å². The van der Waals surface area contributed by atoms with E-state index in [0.717, 1.165) is 0 Å². The monoisotopic (exact) mass is 663 g/mol. The van der Waals surface area contributed by atoms with Crippen LogP contribution in [0.5, 0.6) is 0 Å². The van der Waals surface area contributed by atoms with Crippen molar-refractivity contribution in [3.63, 3.8) is 0 Å². The van der Waals surface area contributed by atoms with E-state index in [9.17, 15) is 31.6 Å². The average Bonchev–Trinajstić information content (AvgIpc) is 3.14. The first-order valence-corrected chi connectivity index (χ1v) is 13.4. The Morgan fingerprint density at radius 2 is 0.647 bits per heavy atom.